The van der Waals surface area contributed by atoms with Crippen molar-refractivity contribution in [2.24, 2.45) is 11.8 Å². The van der Waals surface area contributed by atoms with Gasteiger partial charge in [0.1, 0.15) is 5.78 Å². The summed E-state index contributed by atoms with van der Waals surface area (Å²) in [4.78, 5) is 12.8. The molecule has 0 bridgehead atoms. The molecule has 0 spiro atoms. The molecular weight excluding hydrogens is 380 g/mol. The Morgan fingerprint density at radius 3 is 2.58 bits per heavy atom. The zero-order chi connectivity index (χ0) is 21.6. The molecule has 0 aromatic heterocycles. The van der Waals surface area contributed by atoms with E-state index >= 15 is 0 Å². The molecule has 162 valence electrons. The van der Waals surface area contributed by atoms with Gasteiger partial charge in [0.2, 0.25) is 0 Å². The Morgan fingerprint density at radius 1 is 1.03 bits per heavy atom. The second-order valence-electron chi connectivity index (χ2n) is 9.19. The lowest BCUT2D eigenvalue weighted by atomic mass is 9.88. The van der Waals surface area contributed by atoms with Crippen molar-refractivity contribution in [1.29, 1.82) is 0 Å². The molecule has 0 saturated carbocycles. The third-order valence-corrected chi connectivity index (χ3v) is 6.97. The highest BCUT2D eigenvalue weighted by Crippen LogP contribution is 2.36. The van der Waals surface area contributed by atoms with Crippen molar-refractivity contribution in [2.75, 3.05) is 13.2 Å². The third kappa shape index (κ3) is 5.62. The second kappa shape index (κ2) is 10.2. The van der Waals surface area contributed by atoms with Crippen LogP contribution in [0, 0.1) is 18.8 Å². The van der Waals surface area contributed by atoms with Crippen molar-refractivity contribution >= 4 is 11.4 Å². The van der Waals surface area contributed by atoms with Crippen molar-refractivity contribution in [3.8, 4) is 0 Å². The Hall–Kier alpha value is -2.45. The fourth-order valence-electron chi connectivity index (χ4n) is 4.87. The van der Waals surface area contributed by atoms with Gasteiger partial charge in [-0.15, -0.1) is 0 Å². The molecule has 0 radical (unpaired) electrons. The van der Waals surface area contributed by atoms with Gasteiger partial charge in [-0.05, 0) is 66.4 Å². The van der Waals surface area contributed by atoms with Crippen molar-refractivity contribution in [3.05, 3.63) is 88.5 Å². The van der Waals surface area contributed by atoms with Gasteiger partial charge in [-0.1, -0.05) is 73.2 Å². The molecule has 1 heterocycles. The maximum atomic E-state index is 12.8. The highest BCUT2D eigenvalue weighted by molar-refractivity contribution is 5.82. The van der Waals surface area contributed by atoms with Gasteiger partial charge >= 0.3 is 0 Å². The molecule has 1 unspecified atom stereocenters. The smallest absolute Gasteiger partial charge is 0.137 e. The Kier molecular flexibility index (Phi) is 7.19. The topological polar surface area (TPSA) is 26.3 Å². The van der Waals surface area contributed by atoms with E-state index in [0.717, 1.165) is 38.9 Å². The van der Waals surface area contributed by atoms with E-state index in [9.17, 15) is 4.79 Å². The first-order valence-electron chi connectivity index (χ1n) is 11.7. The van der Waals surface area contributed by atoms with E-state index in [4.69, 9.17) is 4.74 Å². The average molecular weight is 415 g/mol. The van der Waals surface area contributed by atoms with Gasteiger partial charge in [0.15, 0.2) is 0 Å². The molecule has 2 aromatic carbocycles. The van der Waals surface area contributed by atoms with Crippen LogP contribution in [0.2, 0.25) is 0 Å². The largest absolute Gasteiger partial charge is 0.381 e. The van der Waals surface area contributed by atoms with Crippen molar-refractivity contribution in [1.82, 2.24) is 0 Å². The molecule has 0 N–H and O–H groups in total. The molecule has 1 fully saturated rings. The zero-order valence-electron chi connectivity index (χ0n) is 18.9. The molecule has 0 amide bonds. The fraction of sp³-hybridized carbons (Fsp3) is 0.414. The Bertz CT molecular complexity index is 961. The van der Waals surface area contributed by atoms with Crippen LogP contribution in [0.5, 0.6) is 0 Å². The van der Waals surface area contributed by atoms with Gasteiger partial charge < -0.3 is 4.74 Å². The minimum absolute atomic E-state index is 0.340. The number of carbonyl (C=O) groups is 1. The van der Waals surface area contributed by atoms with E-state index in [0.29, 0.717) is 30.5 Å². The van der Waals surface area contributed by atoms with Crippen LogP contribution < -0.4 is 0 Å². The first-order valence-corrected chi connectivity index (χ1v) is 11.7. The summed E-state index contributed by atoms with van der Waals surface area (Å²) in [6.07, 6.45) is 9.87. The van der Waals surface area contributed by atoms with Crippen LogP contribution in [0.15, 0.2) is 66.3 Å². The summed E-state index contributed by atoms with van der Waals surface area (Å²) >= 11 is 0. The van der Waals surface area contributed by atoms with Gasteiger partial charge in [0.05, 0.1) is 0 Å². The van der Waals surface area contributed by atoms with Crippen LogP contribution in [0.1, 0.15) is 54.9 Å². The summed E-state index contributed by atoms with van der Waals surface area (Å²) in [5, 5.41) is 0. The molecule has 1 aliphatic carbocycles. The van der Waals surface area contributed by atoms with E-state index < -0.39 is 0 Å². The standard InChI is InChI=1S/C29H34O2/c1-21-8-9-24(18-23-14-16-31-17-15-23)19-27(21)20-28(30)12-10-25-11-13-29(22(25)2)26-6-4-3-5-7-26/h3-9,11,13,19,22-23H,10,12,14-18,20H2,1-2H3. The summed E-state index contributed by atoms with van der Waals surface area (Å²) in [6.45, 7) is 6.15. The predicted molar refractivity (Wildman–Crippen MR) is 128 cm³/mol. The minimum atomic E-state index is 0.340. The summed E-state index contributed by atoms with van der Waals surface area (Å²) in [6, 6.07) is 17.3. The number of aryl methyl sites for hydroxylation is 1. The quantitative estimate of drug-likeness (QED) is 0.492. The minimum Gasteiger partial charge on any atom is -0.381 e. The normalized spacial score (nSPS) is 19.2. The van der Waals surface area contributed by atoms with Gasteiger partial charge in [0.25, 0.3) is 0 Å². The molecule has 2 aromatic rings. The summed E-state index contributed by atoms with van der Waals surface area (Å²) in [5.41, 5.74) is 7.81. The molecule has 31 heavy (non-hydrogen) atoms. The monoisotopic (exact) mass is 414 g/mol. The van der Waals surface area contributed by atoms with Gasteiger partial charge in [0, 0.05) is 32.0 Å². The number of rotatable bonds is 8. The van der Waals surface area contributed by atoms with E-state index in [1.807, 2.05) is 0 Å². The van der Waals surface area contributed by atoms with Crippen LogP contribution in [0.25, 0.3) is 5.57 Å². The maximum absolute atomic E-state index is 12.8. The summed E-state index contributed by atoms with van der Waals surface area (Å²) in [5.74, 6) is 1.44. The summed E-state index contributed by atoms with van der Waals surface area (Å²) < 4.78 is 5.49. The SMILES string of the molecule is Cc1ccc(CC2CCOCC2)cc1CC(=O)CCC1=CC=C(c2ccccc2)C1C. The summed E-state index contributed by atoms with van der Waals surface area (Å²) in [7, 11) is 0. The molecule has 1 saturated heterocycles. The number of ketones is 1. The predicted octanol–water partition coefficient (Wildman–Crippen LogP) is 6.52. The van der Waals surface area contributed by atoms with Gasteiger partial charge in [-0.3, -0.25) is 4.79 Å². The molecule has 2 heteroatoms. The van der Waals surface area contributed by atoms with Crippen LogP contribution in [-0.2, 0) is 22.4 Å². The number of ether oxygens (including phenoxy) is 1. The zero-order valence-corrected chi connectivity index (χ0v) is 18.9. The average Bonchev–Trinajstić information content (AvgIpc) is 3.16. The fourth-order valence-corrected chi connectivity index (χ4v) is 4.87. The Morgan fingerprint density at radius 2 is 1.81 bits per heavy atom. The lowest BCUT2D eigenvalue weighted by molar-refractivity contribution is -0.118. The Balaban J connectivity index is 1.30. The van der Waals surface area contributed by atoms with Crippen LogP contribution in [0.3, 0.4) is 0 Å². The van der Waals surface area contributed by atoms with Crippen molar-refractivity contribution < 1.29 is 9.53 Å². The highest BCUT2D eigenvalue weighted by atomic mass is 16.5. The lowest BCUT2D eigenvalue weighted by Gasteiger charge is -2.22. The molecule has 1 aliphatic heterocycles. The highest BCUT2D eigenvalue weighted by Gasteiger charge is 2.20. The maximum Gasteiger partial charge on any atom is 0.137 e. The number of hydrogen-bond donors (Lipinski definition) is 0. The molecule has 2 aliphatic rings. The Labute approximate surface area is 187 Å². The number of benzene rings is 2. The van der Waals surface area contributed by atoms with Gasteiger partial charge in [-0.25, -0.2) is 0 Å². The first-order chi connectivity index (χ1) is 15.1. The van der Waals surface area contributed by atoms with Crippen molar-refractivity contribution in [2.45, 2.75) is 52.4 Å². The van der Waals surface area contributed by atoms with E-state index in [1.54, 1.807) is 0 Å². The number of hydrogen-bond acceptors (Lipinski definition) is 2. The second-order valence-corrected chi connectivity index (χ2v) is 9.19. The van der Waals surface area contributed by atoms with Crippen LogP contribution in [-0.4, -0.2) is 19.0 Å². The van der Waals surface area contributed by atoms with Gasteiger partial charge in [-0.2, -0.15) is 0 Å². The van der Waals surface area contributed by atoms with Crippen LogP contribution in [0.4, 0.5) is 0 Å². The molecule has 2 nitrogen and oxygen atoms in total. The number of Topliss-reactive ketones (excluding diaryl/α,β-unsaturated/α-hetero) is 1. The van der Waals surface area contributed by atoms with Crippen molar-refractivity contribution in [3.63, 3.8) is 0 Å². The van der Waals surface area contributed by atoms with E-state index in [1.165, 1.54) is 33.4 Å². The number of allylic oxidation sites excluding steroid dienone is 4. The van der Waals surface area contributed by atoms with E-state index in [-0.39, 0.29) is 0 Å². The number of carbonyl (C=O) groups excluding carboxylic acids is 1. The molecular formula is C29H34O2. The molecule has 4 rings (SSSR count). The van der Waals surface area contributed by atoms with Crippen LogP contribution >= 0.6 is 0 Å². The molecule has 1 atom stereocenters. The lowest BCUT2D eigenvalue weighted by Crippen LogP contribution is -2.17. The van der Waals surface area contributed by atoms with E-state index in [2.05, 4.69) is 74.5 Å². The third-order valence-electron chi connectivity index (χ3n) is 6.97. The first kappa shape index (κ1) is 21.8.